The van der Waals surface area contributed by atoms with Crippen LogP contribution < -0.4 is 5.32 Å². The molecule has 1 N–H and O–H groups in total. The molecule has 3 nitrogen and oxygen atoms in total. The highest BCUT2D eigenvalue weighted by Crippen LogP contribution is 2.21. The summed E-state index contributed by atoms with van der Waals surface area (Å²) in [6.45, 7) is 0. The smallest absolute Gasteiger partial charge is 0.248 e. The Balaban J connectivity index is 1.81. The highest BCUT2D eigenvalue weighted by molar-refractivity contribution is 7.10. The molecule has 0 unspecified atom stereocenters. The fourth-order valence-corrected chi connectivity index (χ4v) is 2.55. The molecule has 0 saturated carbocycles. The number of thiophene rings is 1. The lowest BCUT2D eigenvalue weighted by molar-refractivity contribution is -0.111. The number of pyridine rings is 1. The molecule has 98 valence electrons. The first kappa shape index (κ1) is 12.6. The maximum atomic E-state index is 11.9. The molecule has 0 spiro atoms. The van der Waals surface area contributed by atoms with Crippen molar-refractivity contribution in [2.45, 2.75) is 0 Å². The van der Waals surface area contributed by atoms with E-state index in [2.05, 4.69) is 10.3 Å². The van der Waals surface area contributed by atoms with E-state index in [1.54, 1.807) is 23.6 Å². The van der Waals surface area contributed by atoms with Crippen LogP contribution in [0.3, 0.4) is 0 Å². The summed E-state index contributed by atoms with van der Waals surface area (Å²) in [6.07, 6.45) is 5.09. The molecule has 0 atom stereocenters. The molecule has 3 rings (SSSR count). The number of carbonyl (C=O) groups is 1. The number of hydrogen-bond donors (Lipinski definition) is 1. The third-order valence-corrected chi connectivity index (χ3v) is 3.68. The molecule has 0 aliphatic rings. The van der Waals surface area contributed by atoms with Crippen LogP contribution in [0.15, 0.2) is 60.1 Å². The first-order chi connectivity index (χ1) is 9.83. The number of amides is 1. The van der Waals surface area contributed by atoms with Gasteiger partial charge in [-0.25, -0.2) is 0 Å². The maximum Gasteiger partial charge on any atom is 0.248 e. The molecule has 1 aromatic carbocycles. The zero-order valence-electron chi connectivity index (χ0n) is 10.6. The number of anilines is 1. The van der Waals surface area contributed by atoms with Gasteiger partial charge in [-0.15, -0.1) is 11.3 Å². The van der Waals surface area contributed by atoms with E-state index in [4.69, 9.17) is 0 Å². The SMILES string of the molecule is O=C(/C=C/c1cccs1)Nc1cccc2ncccc12. The van der Waals surface area contributed by atoms with Gasteiger partial charge in [0.1, 0.15) is 0 Å². The summed E-state index contributed by atoms with van der Waals surface area (Å²) in [5.41, 5.74) is 1.64. The maximum absolute atomic E-state index is 11.9. The molecular formula is C16H12N2OS. The number of hydrogen-bond acceptors (Lipinski definition) is 3. The van der Waals surface area contributed by atoms with Gasteiger partial charge in [0.2, 0.25) is 5.91 Å². The van der Waals surface area contributed by atoms with Gasteiger partial charge in [-0.1, -0.05) is 12.1 Å². The van der Waals surface area contributed by atoms with Gasteiger partial charge in [0.05, 0.1) is 11.2 Å². The molecule has 20 heavy (non-hydrogen) atoms. The van der Waals surface area contributed by atoms with Gasteiger partial charge in [0, 0.05) is 22.5 Å². The zero-order valence-corrected chi connectivity index (χ0v) is 11.4. The topological polar surface area (TPSA) is 42.0 Å². The van der Waals surface area contributed by atoms with Crippen LogP contribution in [0.1, 0.15) is 4.88 Å². The van der Waals surface area contributed by atoms with Crippen molar-refractivity contribution in [3.63, 3.8) is 0 Å². The van der Waals surface area contributed by atoms with Crippen LogP contribution in [-0.4, -0.2) is 10.9 Å². The van der Waals surface area contributed by atoms with Crippen molar-refractivity contribution in [1.29, 1.82) is 0 Å². The highest BCUT2D eigenvalue weighted by Gasteiger charge is 2.03. The summed E-state index contributed by atoms with van der Waals surface area (Å²) in [7, 11) is 0. The van der Waals surface area contributed by atoms with Gasteiger partial charge in [-0.05, 0) is 41.8 Å². The van der Waals surface area contributed by atoms with Gasteiger partial charge >= 0.3 is 0 Å². The highest BCUT2D eigenvalue weighted by atomic mass is 32.1. The van der Waals surface area contributed by atoms with Crippen molar-refractivity contribution in [3.05, 3.63) is 65.0 Å². The minimum Gasteiger partial charge on any atom is -0.322 e. The van der Waals surface area contributed by atoms with E-state index in [1.807, 2.05) is 53.9 Å². The van der Waals surface area contributed by atoms with E-state index in [0.29, 0.717) is 0 Å². The Kier molecular flexibility index (Phi) is 3.56. The van der Waals surface area contributed by atoms with E-state index in [9.17, 15) is 4.79 Å². The summed E-state index contributed by atoms with van der Waals surface area (Å²) in [5, 5.41) is 5.80. The number of nitrogens with one attached hydrogen (secondary N) is 1. The lowest BCUT2D eigenvalue weighted by atomic mass is 10.2. The van der Waals surface area contributed by atoms with Crippen molar-refractivity contribution in [2.75, 3.05) is 5.32 Å². The first-order valence-corrected chi connectivity index (χ1v) is 7.07. The van der Waals surface area contributed by atoms with Crippen molar-refractivity contribution >= 4 is 39.9 Å². The average molecular weight is 280 g/mol. The van der Waals surface area contributed by atoms with E-state index >= 15 is 0 Å². The van der Waals surface area contributed by atoms with Crippen LogP contribution in [0.25, 0.3) is 17.0 Å². The molecule has 1 amide bonds. The lowest BCUT2D eigenvalue weighted by Crippen LogP contribution is -2.08. The fraction of sp³-hybridized carbons (Fsp3) is 0. The van der Waals surface area contributed by atoms with Gasteiger partial charge in [0.25, 0.3) is 0 Å². The van der Waals surface area contributed by atoms with Crippen LogP contribution >= 0.6 is 11.3 Å². The summed E-state index contributed by atoms with van der Waals surface area (Å²) in [4.78, 5) is 17.3. The Morgan fingerprint density at radius 1 is 1.15 bits per heavy atom. The standard InChI is InChI=1S/C16H12N2OS/c19-16(9-8-12-4-3-11-20-12)18-15-7-1-6-14-13(15)5-2-10-17-14/h1-11H,(H,18,19)/b9-8+. The van der Waals surface area contributed by atoms with Crippen LogP contribution in [0.5, 0.6) is 0 Å². The molecule has 2 aromatic heterocycles. The minimum absolute atomic E-state index is 0.144. The van der Waals surface area contributed by atoms with Crippen molar-refractivity contribution in [1.82, 2.24) is 4.98 Å². The van der Waals surface area contributed by atoms with Crippen LogP contribution in [0, 0.1) is 0 Å². The molecular weight excluding hydrogens is 268 g/mol. The molecule has 0 saturated heterocycles. The van der Waals surface area contributed by atoms with Crippen molar-refractivity contribution in [3.8, 4) is 0 Å². The van der Waals surface area contributed by atoms with E-state index in [0.717, 1.165) is 21.5 Å². The summed E-state index contributed by atoms with van der Waals surface area (Å²) in [5.74, 6) is -0.144. The molecule has 0 aliphatic heterocycles. The first-order valence-electron chi connectivity index (χ1n) is 6.19. The third-order valence-electron chi connectivity index (χ3n) is 2.85. The predicted molar refractivity (Wildman–Crippen MR) is 83.7 cm³/mol. The second kappa shape index (κ2) is 5.67. The monoisotopic (exact) mass is 280 g/mol. The van der Waals surface area contributed by atoms with Crippen molar-refractivity contribution < 1.29 is 4.79 Å². The van der Waals surface area contributed by atoms with Gasteiger partial charge < -0.3 is 5.32 Å². The quantitative estimate of drug-likeness (QED) is 0.738. The molecule has 3 aromatic rings. The van der Waals surface area contributed by atoms with E-state index < -0.39 is 0 Å². The second-order valence-corrected chi connectivity index (χ2v) is 5.19. The number of nitrogens with zero attached hydrogens (tertiary/aromatic N) is 1. The van der Waals surface area contributed by atoms with Crippen LogP contribution in [0.2, 0.25) is 0 Å². The molecule has 2 heterocycles. The molecule has 0 radical (unpaired) electrons. The lowest BCUT2D eigenvalue weighted by Gasteiger charge is -2.05. The Hall–Kier alpha value is -2.46. The van der Waals surface area contributed by atoms with Gasteiger partial charge in [-0.2, -0.15) is 0 Å². The summed E-state index contributed by atoms with van der Waals surface area (Å²) < 4.78 is 0. The average Bonchev–Trinajstić information content (AvgIpc) is 2.99. The van der Waals surface area contributed by atoms with E-state index in [1.165, 1.54) is 0 Å². The minimum atomic E-state index is -0.144. The number of fused-ring (bicyclic) bond motifs is 1. The number of rotatable bonds is 3. The van der Waals surface area contributed by atoms with Gasteiger partial charge in [0.15, 0.2) is 0 Å². The Morgan fingerprint density at radius 3 is 2.95 bits per heavy atom. The van der Waals surface area contributed by atoms with Crippen LogP contribution in [0.4, 0.5) is 5.69 Å². The fourth-order valence-electron chi connectivity index (χ4n) is 1.93. The molecule has 0 bridgehead atoms. The predicted octanol–water partition coefficient (Wildman–Crippen LogP) is 3.95. The summed E-state index contributed by atoms with van der Waals surface area (Å²) in [6, 6.07) is 13.4. The molecule has 4 heteroatoms. The third kappa shape index (κ3) is 2.75. The summed E-state index contributed by atoms with van der Waals surface area (Å²) >= 11 is 1.60. The Bertz CT molecular complexity index is 758. The largest absolute Gasteiger partial charge is 0.322 e. The molecule has 0 fully saturated rings. The van der Waals surface area contributed by atoms with Crippen LogP contribution in [-0.2, 0) is 4.79 Å². The Morgan fingerprint density at radius 2 is 2.10 bits per heavy atom. The van der Waals surface area contributed by atoms with E-state index in [-0.39, 0.29) is 5.91 Å². The number of aromatic nitrogens is 1. The van der Waals surface area contributed by atoms with Gasteiger partial charge in [-0.3, -0.25) is 9.78 Å². The number of benzene rings is 1. The zero-order chi connectivity index (χ0) is 13.8. The second-order valence-electron chi connectivity index (χ2n) is 4.21. The molecule has 0 aliphatic carbocycles. The Labute approximate surface area is 120 Å². The van der Waals surface area contributed by atoms with Crippen molar-refractivity contribution in [2.24, 2.45) is 0 Å². The normalized spacial score (nSPS) is 11.0. The number of carbonyl (C=O) groups excluding carboxylic acids is 1.